The number of benzene rings is 6. The van der Waals surface area contributed by atoms with Gasteiger partial charge >= 0.3 is 0 Å². The van der Waals surface area contributed by atoms with Crippen molar-refractivity contribution in [2.75, 3.05) is 11.9 Å². The van der Waals surface area contributed by atoms with E-state index in [1.54, 1.807) is 0 Å². The molecule has 0 bridgehead atoms. The third-order valence-electron chi connectivity index (χ3n) is 9.38. The Morgan fingerprint density at radius 2 is 1.37 bits per heavy atom. The van der Waals surface area contributed by atoms with Gasteiger partial charge in [-0.25, -0.2) is 4.99 Å². The molecule has 4 heterocycles. The predicted octanol–water partition coefficient (Wildman–Crippen LogP) is 9.41. The zero-order chi connectivity index (χ0) is 30.2. The van der Waals surface area contributed by atoms with Gasteiger partial charge in [-0.3, -0.25) is 5.32 Å². The van der Waals surface area contributed by atoms with Crippen LogP contribution in [0.25, 0.3) is 60.5 Å². The molecule has 0 fully saturated rings. The van der Waals surface area contributed by atoms with Crippen molar-refractivity contribution in [3.05, 3.63) is 144 Å². The normalized spacial score (nSPS) is 17.8. The molecule has 3 N–H and O–H groups in total. The van der Waals surface area contributed by atoms with E-state index in [2.05, 4.69) is 113 Å². The Labute approximate surface area is 264 Å². The molecule has 0 radical (unpaired) electrons. The highest BCUT2D eigenvalue weighted by atomic mass is 16.4. The van der Waals surface area contributed by atoms with Gasteiger partial charge in [0.05, 0.1) is 0 Å². The van der Waals surface area contributed by atoms with E-state index in [0.717, 1.165) is 73.4 Å². The monoisotopic (exact) mass is 596 g/mol. The second kappa shape index (κ2) is 9.83. The number of amidine groups is 1. The zero-order valence-corrected chi connectivity index (χ0v) is 24.7. The number of aliphatic imine (C=N–C) groups is 1. The molecular weight excluding hydrogens is 568 g/mol. The average Bonchev–Trinajstić information content (AvgIpc) is 3.70. The Balaban J connectivity index is 1.23. The van der Waals surface area contributed by atoms with Crippen LogP contribution in [0.5, 0.6) is 0 Å². The number of nitrogens with zero attached hydrogens (tertiary/aromatic N) is 1. The van der Waals surface area contributed by atoms with Crippen LogP contribution in [-0.4, -0.2) is 12.4 Å². The van der Waals surface area contributed by atoms with Crippen LogP contribution in [0.3, 0.4) is 0 Å². The molecule has 2 unspecified atom stereocenters. The average molecular weight is 597 g/mol. The van der Waals surface area contributed by atoms with Crippen LogP contribution in [-0.2, 0) is 0 Å². The number of hydrogen-bond donors (Lipinski definition) is 3. The van der Waals surface area contributed by atoms with E-state index in [1.807, 2.05) is 30.3 Å². The highest BCUT2D eigenvalue weighted by molar-refractivity contribution is 6.14. The Morgan fingerprint density at radius 1 is 0.630 bits per heavy atom. The van der Waals surface area contributed by atoms with Crippen molar-refractivity contribution in [1.29, 1.82) is 0 Å². The number of nitrogens with one attached hydrogen (secondary N) is 3. The topological polar surface area (TPSA) is 74.7 Å². The molecule has 10 rings (SSSR count). The predicted molar refractivity (Wildman–Crippen MR) is 187 cm³/mol. The highest BCUT2D eigenvalue weighted by Gasteiger charge is 2.30. The van der Waals surface area contributed by atoms with E-state index >= 15 is 0 Å². The fourth-order valence-electron chi connectivity index (χ4n) is 7.35. The third kappa shape index (κ3) is 3.77. The first-order chi connectivity index (χ1) is 22.8. The van der Waals surface area contributed by atoms with Crippen molar-refractivity contribution in [2.45, 2.75) is 12.3 Å². The maximum atomic E-state index is 6.31. The molecule has 6 nitrogen and oxygen atoms in total. The maximum Gasteiger partial charge on any atom is 0.201 e. The van der Waals surface area contributed by atoms with Crippen molar-refractivity contribution in [3.63, 3.8) is 0 Å². The molecule has 2 aliphatic rings. The van der Waals surface area contributed by atoms with Crippen LogP contribution in [0.2, 0.25) is 0 Å². The number of para-hydroxylation sites is 1. The van der Waals surface area contributed by atoms with Crippen LogP contribution in [0, 0.1) is 0 Å². The molecular formula is C40H28N4O2. The van der Waals surface area contributed by atoms with E-state index in [4.69, 9.17) is 13.8 Å². The number of hydrogen-bond acceptors (Lipinski definition) is 6. The minimum Gasteiger partial charge on any atom is -0.456 e. The van der Waals surface area contributed by atoms with Gasteiger partial charge in [-0.2, -0.15) is 0 Å². The second-order valence-electron chi connectivity index (χ2n) is 12.0. The van der Waals surface area contributed by atoms with Crippen molar-refractivity contribution in [1.82, 2.24) is 10.6 Å². The SMILES string of the molecule is C1=Cc2c(oc3cccc(C4=NC(c5cc6ccccc6c6ccccc56)NC(c5cccc6oc7ccccc7c56)N4)c23)NC1. The van der Waals surface area contributed by atoms with E-state index in [0.29, 0.717) is 0 Å². The summed E-state index contributed by atoms with van der Waals surface area (Å²) in [6.45, 7) is 0.743. The largest absolute Gasteiger partial charge is 0.456 e. The molecule has 0 aliphatic carbocycles. The summed E-state index contributed by atoms with van der Waals surface area (Å²) in [6.07, 6.45) is 3.67. The fraction of sp³-hybridized carbons (Fsp3) is 0.0750. The summed E-state index contributed by atoms with van der Waals surface area (Å²) >= 11 is 0. The molecule has 0 spiro atoms. The molecule has 2 atom stereocenters. The van der Waals surface area contributed by atoms with Gasteiger partial charge in [0.15, 0.2) is 0 Å². The van der Waals surface area contributed by atoms with Crippen molar-refractivity contribution in [3.8, 4) is 0 Å². The number of fused-ring (bicyclic) bond motifs is 9. The minimum absolute atomic E-state index is 0.265. The van der Waals surface area contributed by atoms with Crippen LogP contribution in [0.1, 0.15) is 34.6 Å². The van der Waals surface area contributed by atoms with Gasteiger partial charge in [-0.15, -0.1) is 0 Å². The first-order valence-electron chi connectivity index (χ1n) is 15.7. The van der Waals surface area contributed by atoms with Crippen molar-refractivity contribution in [2.24, 2.45) is 4.99 Å². The molecule has 8 aromatic rings. The van der Waals surface area contributed by atoms with Crippen LogP contribution >= 0.6 is 0 Å². The van der Waals surface area contributed by atoms with Gasteiger partial charge < -0.3 is 19.5 Å². The van der Waals surface area contributed by atoms with E-state index in [1.165, 1.54) is 21.5 Å². The Hall–Kier alpha value is -5.85. The van der Waals surface area contributed by atoms with Crippen molar-refractivity contribution >= 4 is 72.2 Å². The van der Waals surface area contributed by atoms with E-state index in [9.17, 15) is 0 Å². The van der Waals surface area contributed by atoms with Crippen LogP contribution in [0.4, 0.5) is 5.88 Å². The molecule has 46 heavy (non-hydrogen) atoms. The molecule has 0 saturated carbocycles. The van der Waals surface area contributed by atoms with Gasteiger partial charge in [0, 0.05) is 39.4 Å². The van der Waals surface area contributed by atoms with Gasteiger partial charge in [-0.05, 0) is 51.4 Å². The molecule has 0 amide bonds. The van der Waals surface area contributed by atoms with Gasteiger partial charge in [0.1, 0.15) is 34.9 Å². The molecule has 6 aromatic carbocycles. The van der Waals surface area contributed by atoms with E-state index in [-0.39, 0.29) is 12.3 Å². The quantitative estimate of drug-likeness (QED) is 0.177. The first-order valence-corrected chi connectivity index (χ1v) is 15.7. The molecule has 0 saturated heterocycles. The fourth-order valence-corrected chi connectivity index (χ4v) is 7.35. The Bertz CT molecular complexity index is 2570. The molecule has 2 aliphatic heterocycles. The Morgan fingerprint density at radius 3 is 2.28 bits per heavy atom. The van der Waals surface area contributed by atoms with Crippen LogP contribution < -0.4 is 16.0 Å². The summed E-state index contributed by atoms with van der Waals surface area (Å²) in [5, 5.41) is 19.2. The van der Waals surface area contributed by atoms with Gasteiger partial charge in [0.25, 0.3) is 0 Å². The number of anilines is 1. The third-order valence-corrected chi connectivity index (χ3v) is 9.38. The van der Waals surface area contributed by atoms with Crippen LogP contribution in [0.15, 0.2) is 135 Å². The lowest BCUT2D eigenvalue weighted by atomic mass is 9.94. The lowest BCUT2D eigenvalue weighted by Gasteiger charge is -2.33. The molecule has 2 aromatic heterocycles. The number of furan rings is 2. The first kappa shape index (κ1) is 25.5. The summed E-state index contributed by atoms with van der Waals surface area (Å²) in [7, 11) is 0. The Kier molecular flexibility index (Phi) is 5.44. The van der Waals surface area contributed by atoms with Crippen molar-refractivity contribution < 1.29 is 8.83 Å². The summed E-state index contributed by atoms with van der Waals surface area (Å²) in [6, 6.07) is 40.3. The number of rotatable bonds is 3. The minimum atomic E-state index is -0.337. The van der Waals surface area contributed by atoms with E-state index < -0.39 is 0 Å². The van der Waals surface area contributed by atoms with Gasteiger partial charge in [-0.1, -0.05) is 103 Å². The molecule has 220 valence electrons. The summed E-state index contributed by atoms with van der Waals surface area (Å²) in [4.78, 5) is 5.45. The van der Waals surface area contributed by atoms with Gasteiger partial charge in [0.2, 0.25) is 5.88 Å². The standard InChI is InChI=1S/C40H28N4O2/c1-2-11-24-23(10-1)22-31(26-13-4-3-12-25(24)26)39-43-37(28-15-7-19-33-35(28)27-14-5-6-18-32(27)45-33)42-38(44-39)29-16-8-20-34-36(29)30-17-9-21-41-40(30)46-34/h1-20,22,37,39,41,43H,21H2,(H,42,44). The summed E-state index contributed by atoms with van der Waals surface area (Å²) in [5.74, 6) is 1.60. The second-order valence-corrected chi connectivity index (χ2v) is 12.0. The highest BCUT2D eigenvalue weighted by Crippen LogP contribution is 2.40. The zero-order valence-electron chi connectivity index (χ0n) is 24.7. The summed E-state index contributed by atoms with van der Waals surface area (Å²) < 4.78 is 12.6. The maximum absolute atomic E-state index is 6.31. The summed E-state index contributed by atoms with van der Waals surface area (Å²) in [5.41, 5.74) is 6.85. The smallest absolute Gasteiger partial charge is 0.201 e. The lowest BCUT2D eigenvalue weighted by molar-refractivity contribution is 0.413. The molecule has 6 heteroatoms. The lowest BCUT2D eigenvalue weighted by Crippen LogP contribution is -2.45.